The summed E-state index contributed by atoms with van der Waals surface area (Å²) in [6.45, 7) is -0.0133. The SMILES string of the molecule is COc1cccc(C(CCO)NC(=O)c2cccc(Br)c2)c1. The Kier molecular flexibility index (Phi) is 5.98. The molecule has 0 aromatic heterocycles. The van der Waals surface area contributed by atoms with E-state index in [-0.39, 0.29) is 18.6 Å². The number of methoxy groups -OCH3 is 1. The number of nitrogens with one attached hydrogen (secondary N) is 1. The van der Waals surface area contributed by atoms with Crippen molar-refractivity contribution in [1.29, 1.82) is 0 Å². The molecule has 4 nitrogen and oxygen atoms in total. The van der Waals surface area contributed by atoms with Gasteiger partial charge in [0.2, 0.25) is 0 Å². The number of aliphatic hydroxyl groups excluding tert-OH is 1. The highest BCUT2D eigenvalue weighted by atomic mass is 79.9. The molecule has 0 heterocycles. The van der Waals surface area contributed by atoms with Gasteiger partial charge in [-0.15, -0.1) is 0 Å². The summed E-state index contributed by atoms with van der Waals surface area (Å²) in [6, 6.07) is 14.4. The van der Waals surface area contributed by atoms with E-state index in [1.54, 1.807) is 19.2 Å². The van der Waals surface area contributed by atoms with E-state index in [9.17, 15) is 9.90 Å². The third-order valence-electron chi connectivity index (χ3n) is 3.31. The van der Waals surface area contributed by atoms with E-state index < -0.39 is 0 Å². The number of benzene rings is 2. The quantitative estimate of drug-likeness (QED) is 0.827. The van der Waals surface area contributed by atoms with Crippen LogP contribution in [0.1, 0.15) is 28.4 Å². The molecule has 116 valence electrons. The molecular formula is C17H18BrNO3. The molecule has 1 unspecified atom stereocenters. The smallest absolute Gasteiger partial charge is 0.251 e. The van der Waals surface area contributed by atoms with Crippen molar-refractivity contribution in [3.8, 4) is 5.75 Å². The van der Waals surface area contributed by atoms with Crippen molar-refractivity contribution in [2.75, 3.05) is 13.7 Å². The van der Waals surface area contributed by atoms with Crippen molar-refractivity contribution in [3.63, 3.8) is 0 Å². The molecule has 0 bridgehead atoms. The molecule has 0 fully saturated rings. The van der Waals surface area contributed by atoms with E-state index in [1.807, 2.05) is 36.4 Å². The molecular weight excluding hydrogens is 346 g/mol. The molecule has 0 aliphatic heterocycles. The van der Waals surface area contributed by atoms with Crippen LogP contribution in [0.4, 0.5) is 0 Å². The lowest BCUT2D eigenvalue weighted by atomic mass is 10.0. The van der Waals surface area contributed by atoms with E-state index >= 15 is 0 Å². The molecule has 1 amide bonds. The standard InChI is InChI=1S/C17H18BrNO3/c1-22-15-7-3-4-12(11-15)16(8-9-20)19-17(21)13-5-2-6-14(18)10-13/h2-7,10-11,16,20H,8-9H2,1H3,(H,19,21). The lowest BCUT2D eigenvalue weighted by Gasteiger charge is -2.19. The minimum atomic E-state index is -0.272. The lowest BCUT2D eigenvalue weighted by Crippen LogP contribution is -2.29. The number of rotatable bonds is 6. The number of halogens is 1. The molecule has 0 radical (unpaired) electrons. The number of ether oxygens (including phenoxy) is 1. The fourth-order valence-corrected chi connectivity index (χ4v) is 2.58. The zero-order valence-corrected chi connectivity index (χ0v) is 13.8. The molecule has 2 aromatic carbocycles. The molecule has 0 aliphatic carbocycles. The minimum Gasteiger partial charge on any atom is -0.497 e. The van der Waals surface area contributed by atoms with E-state index in [4.69, 9.17) is 4.74 Å². The maximum atomic E-state index is 12.4. The Balaban J connectivity index is 2.19. The first kappa shape index (κ1) is 16.5. The topological polar surface area (TPSA) is 58.6 Å². The van der Waals surface area contributed by atoms with Crippen LogP contribution in [0.15, 0.2) is 53.0 Å². The summed E-state index contributed by atoms with van der Waals surface area (Å²) in [7, 11) is 1.60. The summed E-state index contributed by atoms with van der Waals surface area (Å²) in [5, 5.41) is 12.2. The maximum absolute atomic E-state index is 12.4. The predicted molar refractivity (Wildman–Crippen MR) is 89.0 cm³/mol. The lowest BCUT2D eigenvalue weighted by molar-refractivity contribution is 0.0930. The summed E-state index contributed by atoms with van der Waals surface area (Å²) in [4.78, 5) is 12.4. The van der Waals surface area contributed by atoms with Gasteiger partial charge in [-0.1, -0.05) is 34.1 Å². The van der Waals surface area contributed by atoms with Crippen molar-refractivity contribution in [2.45, 2.75) is 12.5 Å². The second-order valence-corrected chi connectivity index (χ2v) is 5.74. The number of amides is 1. The molecule has 0 spiro atoms. The third kappa shape index (κ3) is 4.32. The number of carbonyl (C=O) groups excluding carboxylic acids is 1. The van der Waals surface area contributed by atoms with Crippen molar-refractivity contribution in [3.05, 3.63) is 64.1 Å². The van der Waals surface area contributed by atoms with Crippen LogP contribution in [0.25, 0.3) is 0 Å². The molecule has 0 saturated heterocycles. The van der Waals surface area contributed by atoms with E-state index in [1.165, 1.54) is 0 Å². The van der Waals surface area contributed by atoms with Crippen molar-refractivity contribution in [1.82, 2.24) is 5.32 Å². The van der Waals surface area contributed by atoms with Crippen LogP contribution in [0.5, 0.6) is 5.75 Å². The molecule has 2 N–H and O–H groups in total. The fraction of sp³-hybridized carbons (Fsp3) is 0.235. The highest BCUT2D eigenvalue weighted by Gasteiger charge is 2.16. The van der Waals surface area contributed by atoms with Crippen LogP contribution in [-0.2, 0) is 0 Å². The zero-order chi connectivity index (χ0) is 15.9. The van der Waals surface area contributed by atoms with Crippen LogP contribution in [-0.4, -0.2) is 24.7 Å². The molecule has 2 rings (SSSR count). The van der Waals surface area contributed by atoms with Crippen molar-refractivity contribution < 1.29 is 14.6 Å². The Morgan fingerprint density at radius 1 is 1.27 bits per heavy atom. The van der Waals surface area contributed by atoms with Crippen LogP contribution < -0.4 is 10.1 Å². The number of carbonyl (C=O) groups is 1. The van der Waals surface area contributed by atoms with Gasteiger partial charge in [-0.2, -0.15) is 0 Å². The second-order valence-electron chi connectivity index (χ2n) is 4.83. The first-order valence-electron chi connectivity index (χ1n) is 6.95. The molecule has 5 heteroatoms. The van der Waals surface area contributed by atoms with Gasteiger partial charge in [0.25, 0.3) is 5.91 Å². The summed E-state index contributed by atoms with van der Waals surface area (Å²) in [6.07, 6.45) is 0.437. The Hall–Kier alpha value is -1.85. The van der Waals surface area contributed by atoms with Crippen LogP contribution >= 0.6 is 15.9 Å². The molecule has 1 atom stereocenters. The van der Waals surface area contributed by atoms with Crippen molar-refractivity contribution >= 4 is 21.8 Å². The predicted octanol–water partition coefficient (Wildman–Crippen LogP) is 3.31. The summed E-state index contributed by atoms with van der Waals surface area (Å²) in [5.74, 6) is 0.541. The minimum absolute atomic E-state index is 0.0133. The normalized spacial score (nSPS) is 11.8. The van der Waals surface area contributed by atoms with Gasteiger partial charge in [0, 0.05) is 16.6 Å². The van der Waals surface area contributed by atoms with E-state index in [0.717, 1.165) is 15.8 Å². The average Bonchev–Trinajstić information content (AvgIpc) is 2.54. The van der Waals surface area contributed by atoms with Gasteiger partial charge in [-0.05, 0) is 42.3 Å². The Bertz CT molecular complexity index is 645. The van der Waals surface area contributed by atoms with E-state index in [0.29, 0.717) is 12.0 Å². The first-order valence-corrected chi connectivity index (χ1v) is 7.74. The summed E-state index contributed by atoms with van der Waals surface area (Å²) >= 11 is 3.35. The second kappa shape index (κ2) is 7.96. The highest BCUT2D eigenvalue weighted by molar-refractivity contribution is 9.10. The van der Waals surface area contributed by atoms with Crippen LogP contribution in [0.3, 0.4) is 0 Å². The number of hydrogen-bond acceptors (Lipinski definition) is 3. The van der Waals surface area contributed by atoms with Crippen molar-refractivity contribution in [2.24, 2.45) is 0 Å². The molecule has 0 saturated carbocycles. The Labute approximate surface area is 138 Å². The first-order chi connectivity index (χ1) is 10.6. The van der Waals surface area contributed by atoms with Gasteiger partial charge in [0.05, 0.1) is 13.2 Å². The fourth-order valence-electron chi connectivity index (χ4n) is 2.18. The highest BCUT2D eigenvalue weighted by Crippen LogP contribution is 2.22. The number of aliphatic hydroxyl groups is 1. The largest absolute Gasteiger partial charge is 0.497 e. The molecule has 2 aromatic rings. The van der Waals surface area contributed by atoms with E-state index in [2.05, 4.69) is 21.2 Å². The summed E-state index contributed by atoms with van der Waals surface area (Å²) < 4.78 is 6.05. The van der Waals surface area contributed by atoms with Gasteiger partial charge in [-0.25, -0.2) is 0 Å². The summed E-state index contributed by atoms with van der Waals surface area (Å²) in [5.41, 5.74) is 1.47. The van der Waals surface area contributed by atoms with Gasteiger partial charge >= 0.3 is 0 Å². The van der Waals surface area contributed by atoms with Gasteiger partial charge in [0.1, 0.15) is 5.75 Å². The average molecular weight is 364 g/mol. The van der Waals surface area contributed by atoms with Crippen LogP contribution in [0.2, 0.25) is 0 Å². The monoisotopic (exact) mass is 363 g/mol. The molecule has 0 aliphatic rings. The Morgan fingerprint density at radius 3 is 2.73 bits per heavy atom. The van der Waals surface area contributed by atoms with Gasteiger partial charge < -0.3 is 15.2 Å². The van der Waals surface area contributed by atoms with Gasteiger partial charge in [0.15, 0.2) is 0 Å². The van der Waals surface area contributed by atoms with Gasteiger partial charge in [-0.3, -0.25) is 4.79 Å². The maximum Gasteiger partial charge on any atom is 0.251 e. The zero-order valence-electron chi connectivity index (χ0n) is 12.3. The number of hydrogen-bond donors (Lipinski definition) is 2. The Morgan fingerprint density at radius 2 is 2.05 bits per heavy atom. The third-order valence-corrected chi connectivity index (χ3v) is 3.80. The molecule has 22 heavy (non-hydrogen) atoms. The van der Waals surface area contributed by atoms with Crippen LogP contribution in [0, 0.1) is 0 Å².